The second kappa shape index (κ2) is 5.64. The van der Waals surface area contributed by atoms with Gasteiger partial charge in [0.1, 0.15) is 0 Å². The highest BCUT2D eigenvalue weighted by molar-refractivity contribution is 6.30. The van der Waals surface area contributed by atoms with Gasteiger partial charge in [0.25, 0.3) is 5.69 Å². The predicted octanol–water partition coefficient (Wildman–Crippen LogP) is 5.38. The van der Waals surface area contributed by atoms with E-state index in [0.717, 1.165) is 33.8 Å². The maximum absolute atomic E-state index is 11.2. The second-order valence-electron chi connectivity index (χ2n) is 6.51. The summed E-state index contributed by atoms with van der Waals surface area (Å²) < 4.78 is 0. The summed E-state index contributed by atoms with van der Waals surface area (Å²) in [5.41, 5.74) is 4.26. The molecule has 0 saturated heterocycles. The monoisotopic (exact) mass is 340 g/mol. The summed E-state index contributed by atoms with van der Waals surface area (Å²) >= 11 is 6.18. The first-order valence-corrected chi connectivity index (χ1v) is 8.40. The molecule has 1 heterocycles. The van der Waals surface area contributed by atoms with Gasteiger partial charge in [-0.3, -0.25) is 10.1 Å². The summed E-state index contributed by atoms with van der Waals surface area (Å²) in [6.07, 6.45) is 5.32. The fraction of sp³-hybridized carbons (Fsp3) is 0.263. The van der Waals surface area contributed by atoms with E-state index in [9.17, 15) is 10.1 Å². The van der Waals surface area contributed by atoms with Gasteiger partial charge < -0.3 is 5.32 Å². The molecule has 0 spiro atoms. The van der Waals surface area contributed by atoms with E-state index >= 15 is 0 Å². The zero-order valence-corrected chi connectivity index (χ0v) is 14.0. The van der Waals surface area contributed by atoms with E-state index in [1.54, 1.807) is 12.1 Å². The van der Waals surface area contributed by atoms with Crippen LogP contribution in [0.4, 0.5) is 11.4 Å². The largest absolute Gasteiger partial charge is 0.377 e. The van der Waals surface area contributed by atoms with Crippen LogP contribution in [0.1, 0.15) is 35.1 Å². The minimum Gasteiger partial charge on any atom is -0.377 e. The maximum atomic E-state index is 11.2. The van der Waals surface area contributed by atoms with Gasteiger partial charge in [0.05, 0.1) is 11.0 Å². The molecule has 1 aliphatic heterocycles. The molecule has 2 aromatic carbocycles. The van der Waals surface area contributed by atoms with E-state index in [1.165, 1.54) is 0 Å². The van der Waals surface area contributed by atoms with Crippen molar-refractivity contribution in [1.29, 1.82) is 0 Å². The van der Waals surface area contributed by atoms with Gasteiger partial charge in [0.2, 0.25) is 0 Å². The summed E-state index contributed by atoms with van der Waals surface area (Å²) in [7, 11) is 0. The molecule has 0 bridgehead atoms. The van der Waals surface area contributed by atoms with Gasteiger partial charge in [-0.2, -0.15) is 0 Å². The Morgan fingerprint density at radius 2 is 2.12 bits per heavy atom. The van der Waals surface area contributed by atoms with E-state index in [2.05, 4.69) is 23.5 Å². The fourth-order valence-corrected chi connectivity index (χ4v) is 4.20. The van der Waals surface area contributed by atoms with Gasteiger partial charge in [0, 0.05) is 28.8 Å². The third kappa shape index (κ3) is 2.38. The highest BCUT2D eigenvalue weighted by Crippen LogP contribution is 2.51. The Morgan fingerprint density at radius 1 is 1.29 bits per heavy atom. The normalized spacial score (nSPS) is 24.2. The zero-order valence-electron chi connectivity index (χ0n) is 13.2. The van der Waals surface area contributed by atoms with E-state index < -0.39 is 0 Å². The lowest BCUT2D eigenvalue weighted by atomic mass is 9.76. The van der Waals surface area contributed by atoms with Crippen molar-refractivity contribution < 1.29 is 4.92 Å². The summed E-state index contributed by atoms with van der Waals surface area (Å²) in [4.78, 5) is 10.9. The summed E-state index contributed by atoms with van der Waals surface area (Å²) in [6, 6.07) is 11.4. The molecule has 5 heteroatoms. The topological polar surface area (TPSA) is 55.2 Å². The lowest BCUT2D eigenvalue weighted by Crippen LogP contribution is -2.29. The van der Waals surface area contributed by atoms with Gasteiger partial charge >= 0.3 is 0 Å². The SMILES string of the molecule is Cc1cc([N+](=O)[O-])cc2c1N[C@H](c1cccc(Cl)c1)[C@@H]1CC=C[C@H]21. The number of rotatable bonds is 2. The molecule has 2 aromatic rings. The number of benzene rings is 2. The van der Waals surface area contributed by atoms with E-state index in [0.29, 0.717) is 5.92 Å². The first kappa shape index (κ1) is 15.2. The van der Waals surface area contributed by atoms with Crippen LogP contribution >= 0.6 is 11.6 Å². The van der Waals surface area contributed by atoms with E-state index in [1.807, 2.05) is 25.1 Å². The fourth-order valence-electron chi connectivity index (χ4n) is 4.00. The number of nitrogens with zero attached hydrogens (tertiary/aromatic N) is 1. The molecule has 1 N–H and O–H groups in total. The third-order valence-electron chi connectivity index (χ3n) is 5.07. The number of aryl methyl sites for hydroxylation is 1. The highest BCUT2D eigenvalue weighted by Gasteiger charge is 2.39. The molecule has 2 aliphatic rings. The quantitative estimate of drug-likeness (QED) is 0.453. The number of nitro groups is 1. The molecule has 0 fully saturated rings. The first-order valence-electron chi connectivity index (χ1n) is 8.02. The lowest BCUT2D eigenvalue weighted by Gasteiger charge is -2.38. The molecule has 122 valence electrons. The van der Waals surface area contributed by atoms with Crippen molar-refractivity contribution in [2.75, 3.05) is 5.32 Å². The Hall–Kier alpha value is -2.33. The average Bonchev–Trinajstić information content (AvgIpc) is 3.04. The van der Waals surface area contributed by atoms with Gasteiger partial charge in [-0.05, 0) is 48.1 Å². The van der Waals surface area contributed by atoms with Crippen molar-refractivity contribution in [3.8, 4) is 0 Å². The maximum Gasteiger partial charge on any atom is 0.270 e. The van der Waals surface area contributed by atoms with Crippen LogP contribution in [-0.2, 0) is 0 Å². The van der Waals surface area contributed by atoms with Crippen molar-refractivity contribution in [2.24, 2.45) is 5.92 Å². The smallest absolute Gasteiger partial charge is 0.270 e. The summed E-state index contributed by atoms with van der Waals surface area (Å²) in [6.45, 7) is 1.92. The Kier molecular flexibility index (Phi) is 3.57. The highest BCUT2D eigenvalue weighted by atomic mass is 35.5. The number of anilines is 1. The van der Waals surface area contributed by atoms with Gasteiger partial charge in [-0.25, -0.2) is 0 Å². The molecule has 0 radical (unpaired) electrons. The number of hydrogen-bond donors (Lipinski definition) is 1. The van der Waals surface area contributed by atoms with Gasteiger partial charge in [0.15, 0.2) is 0 Å². The average molecular weight is 341 g/mol. The number of halogens is 1. The van der Waals surface area contributed by atoms with Crippen molar-refractivity contribution in [1.82, 2.24) is 0 Å². The molecule has 4 rings (SSSR count). The van der Waals surface area contributed by atoms with Crippen LogP contribution in [0, 0.1) is 23.0 Å². The van der Waals surface area contributed by atoms with Crippen molar-refractivity contribution in [3.05, 3.63) is 80.4 Å². The van der Waals surface area contributed by atoms with Crippen LogP contribution in [0.15, 0.2) is 48.6 Å². The molecule has 0 saturated carbocycles. The molecule has 24 heavy (non-hydrogen) atoms. The Morgan fingerprint density at radius 3 is 2.88 bits per heavy atom. The molecular formula is C19H17ClN2O2. The number of hydrogen-bond acceptors (Lipinski definition) is 3. The Labute approximate surface area is 145 Å². The summed E-state index contributed by atoms with van der Waals surface area (Å²) in [5, 5.41) is 15.6. The van der Waals surface area contributed by atoms with Gasteiger partial charge in [-0.1, -0.05) is 35.9 Å². The Balaban J connectivity index is 1.83. The van der Waals surface area contributed by atoms with Crippen LogP contribution in [0.2, 0.25) is 5.02 Å². The van der Waals surface area contributed by atoms with Crippen LogP contribution < -0.4 is 5.32 Å². The minimum atomic E-state index is -0.315. The molecular weight excluding hydrogens is 324 g/mol. The predicted molar refractivity (Wildman–Crippen MR) is 95.6 cm³/mol. The zero-order chi connectivity index (χ0) is 16.8. The number of fused-ring (bicyclic) bond motifs is 3. The number of nitrogens with one attached hydrogen (secondary N) is 1. The molecule has 0 unspecified atom stereocenters. The lowest BCUT2D eigenvalue weighted by molar-refractivity contribution is -0.385. The molecule has 4 nitrogen and oxygen atoms in total. The first-order chi connectivity index (χ1) is 11.5. The molecule has 3 atom stereocenters. The van der Waals surface area contributed by atoms with Crippen LogP contribution in [0.3, 0.4) is 0 Å². The van der Waals surface area contributed by atoms with E-state index in [4.69, 9.17) is 11.6 Å². The molecule has 1 aliphatic carbocycles. The summed E-state index contributed by atoms with van der Waals surface area (Å²) in [5.74, 6) is 0.543. The van der Waals surface area contributed by atoms with Gasteiger partial charge in [-0.15, -0.1) is 0 Å². The van der Waals surface area contributed by atoms with Crippen LogP contribution in [0.25, 0.3) is 0 Å². The van der Waals surface area contributed by atoms with Crippen molar-refractivity contribution in [3.63, 3.8) is 0 Å². The number of nitro benzene ring substituents is 1. The van der Waals surface area contributed by atoms with E-state index in [-0.39, 0.29) is 22.6 Å². The second-order valence-corrected chi connectivity index (χ2v) is 6.95. The van der Waals surface area contributed by atoms with Crippen LogP contribution in [0.5, 0.6) is 0 Å². The molecule has 0 aromatic heterocycles. The Bertz CT molecular complexity index is 862. The van der Waals surface area contributed by atoms with Crippen molar-refractivity contribution in [2.45, 2.75) is 25.3 Å². The minimum absolute atomic E-state index is 0.149. The number of non-ortho nitro benzene ring substituents is 1. The van der Waals surface area contributed by atoms with Crippen LogP contribution in [-0.4, -0.2) is 4.92 Å². The number of allylic oxidation sites excluding steroid dienone is 2. The standard InChI is InChI=1S/C19H17ClN2O2/c1-11-8-14(22(23)24)10-17-15-6-3-7-16(15)19(21-18(11)17)12-4-2-5-13(20)9-12/h2-6,8-10,15-16,19,21H,7H2,1H3/t15-,16+,19+/m0/s1. The van der Waals surface area contributed by atoms with Crippen molar-refractivity contribution >= 4 is 23.0 Å². The third-order valence-corrected chi connectivity index (χ3v) is 5.30. The molecule has 0 amide bonds.